The smallest absolute Gasteiger partial charge is 0.433 e. The Balaban J connectivity index is 1.46. The minimum absolute atomic E-state index is 0.0300. The number of nitrogens with zero attached hydrogens (tertiary/aromatic N) is 6. The first kappa shape index (κ1) is 27.4. The van der Waals surface area contributed by atoms with E-state index in [1.807, 2.05) is 0 Å². The number of hydrogen-bond donors (Lipinski definition) is 2. The van der Waals surface area contributed by atoms with Gasteiger partial charge in [0, 0.05) is 30.7 Å². The molecular weight excluding hydrogens is 548 g/mol. The van der Waals surface area contributed by atoms with Crippen LogP contribution in [0.3, 0.4) is 0 Å². The van der Waals surface area contributed by atoms with E-state index in [2.05, 4.69) is 35.9 Å². The van der Waals surface area contributed by atoms with Crippen LogP contribution < -0.4 is 10.6 Å². The molecule has 0 aromatic carbocycles. The second kappa shape index (κ2) is 11.0. The summed E-state index contributed by atoms with van der Waals surface area (Å²) >= 11 is 5.95. The SMILES string of the molecule is C[C@@H](OC(=O)Nc1c(-c2ccc(C(=O)Nc3ccnc(C(F)(F)F)c3)cn2)nnn1C)c1cc(F)cnc1Cl. The third-order valence-corrected chi connectivity index (χ3v) is 5.49. The summed E-state index contributed by atoms with van der Waals surface area (Å²) in [6.07, 6.45) is -3.52. The summed E-state index contributed by atoms with van der Waals surface area (Å²) in [5.74, 6) is -1.27. The van der Waals surface area contributed by atoms with Crippen LogP contribution in [0.4, 0.5) is 33.9 Å². The van der Waals surface area contributed by atoms with E-state index in [0.717, 1.165) is 18.5 Å². The molecule has 4 heterocycles. The van der Waals surface area contributed by atoms with Crippen molar-refractivity contribution in [3.63, 3.8) is 0 Å². The molecule has 0 saturated heterocycles. The maximum atomic E-state index is 13.5. The van der Waals surface area contributed by atoms with Crippen LogP contribution in [0.25, 0.3) is 11.4 Å². The number of alkyl halides is 3. The Kier molecular flexibility index (Phi) is 7.71. The van der Waals surface area contributed by atoms with E-state index in [4.69, 9.17) is 16.3 Å². The molecule has 0 spiro atoms. The van der Waals surface area contributed by atoms with Gasteiger partial charge in [-0.2, -0.15) is 13.2 Å². The fraction of sp³-hybridized carbons (Fsp3) is 0.174. The summed E-state index contributed by atoms with van der Waals surface area (Å²) in [5, 5.41) is 12.6. The summed E-state index contributed by atoms with van der Waals surface area (Å²) in [4.78, 5) is 36.1. The molecule has 0 aliphatic carbocycles. The Morgan fingerprint density at radius 1 is 1.08 bits per heavy atom. The first-order valence-electron chi connectivity index (χ1n) is 10.9. The number of amides is 2. The number of anilines is 2. The van der Waals surface area contributed by atoms with Crippen molar-refractivity contribution in [2.75, 3.05) is 10.6 Å². The molecular formula is C23H17ClF4N8O3. The molecule has 202 valence electrons. The van der Waals surface area contributed by atoms with Crippen molar-refractivity contribution in [3.8, 4) is 11.4 Å². The van der Waals surface area contributed by atoms with Gasteiger partial charge in [0.2, 0.25) is 0 Å². The van der Waals surface area contributed by atoms with E-state index >= 15 is 0 Å². The lowest BCUT2D eigenvalue weighted by Gasteiger charge is -2.15. The zero-order valence-corrected chi connectivity index (χ0v) is 20.7. The molecule has 11 nitrogen and oxygen atoms in total. The standard InChI is InChI=1S/C23H17ClF4N8O3/c1-11(15-7-13(25)10-31-19(15)24)39-22(38)33-20-18(34-35-36(20)2)16-4-3-12(9-30-16)21(37)32-14-5-6-29-17(8-14)23(26,27)28/h3-11H,1-2H3,(H,33,38)(H,29,32,37)/t11-/m1/s1. The third kappa shape index (κ3) is 6.43. The van der Waals surface area contributed by atoms with E-state index in [9.17, 15) is 27.2 Å². The first-order valence-corrected chi connectivity index (χ1v) is 11.3. The molecule has 0 aliphatic heterocycles. The summed E-state index contributed by atoms with van der Waals surface area (Å²) in [6.45, 7) is 1.48. The van der Waals surface area contributed by atoms with Crippen LogP contribution in [0, 0.1) is 5.82 Å². The van der Waals surface area contributed by atoms with Crippen molar-refractivity contribution in [1.82, 2.24) is 29.9 Å². The van der Waals surface area contributed by atoms with Gasteiger partial charge < -0.3 is 10.1 Å². The number of pyridine rings is 3. The molecule has 39 heavy (non-hydrogen) atoms. The van der Waals surface area contributed by atoms with Crippen LogP contribution in [0.1, 0.15) is 34.6 Å². The van der Waals surface area contributed by atoms with Crippen molar-refractivity contribution in [1.29, 1.82) is 0 Å². The van der Waals surface area contributed by atoms with E-state index < -0.39 is 35.8 Å². The Bertz CT molecular complexity index is 1530. The minimum Gasteiger partial charge on any atom is -0.441 e. The lowest BCUT2D eigenvalue weighted by molar-refractivity contribution is -0.141. The van der Waals surface area contributed by atoms with Gasteiger partial charge in [-0.3, -0.25) is 20.1 Å². The second-order valence-electron chi connectivity index (χ2n) is 7.93. The predicted molar refractivity (Wildman–Crippen MR) is 129 cm³/mol. The normalized spacial score (nSPS) is 12.1. The van der Waals surface area contributed by atoms with Gasteiger partial charge >= 0.3 is 12.3 Å². The number of ether oxygens (including phenoxy) is 1. The molecule has 4 aromatic rings. The van der Waals surface area contributed by atoms with E-state index in [-0.39, 0.29) is 39.2 Å². The molecule has 0 saturated carbocycles. The Morgan fingerprint density at radius 3 is 2.54 bits per heavy atom. The number of halogens is 5. The third-order valence-electron chi connectivity index (χ3n) is 5.18. The number of hydrogen-bond acceptors (Lipinski definition) is 8. The van der Waals surface area contributed by atoms with Gasteiger partial charge in [-0.15, -0.1) is 5.10 Å². The largest absolute Gasteiger partial charge is 0.441 e. The summed E-state index contributed by atoms with van der Waals surface area (Å²) in [6, 6.07) is 5.78. The van der Waals surface area contributed by atoms with Gasteiger partial charge in [0.25, 0.3) is 5.91 Å². The van der Waals surface area contributed by atoms with Gasteiger partial charge in [0.05, 0.1) is 17.5 Å². The highest BCUT2D eigenvalue weighted by atomic mass is 35.5. The first-order chi connectivity index (χ1) is 18.4. The average Bonchev–Trinajstić information content (AvgIpc) is 3.24. The second-order valence-corrected chi connectivity index (χ2v) is 8.29. The van der Waals surface area contributed by atoms with Crippen molar-refractivity contribution < 1.29 is 31.9 Å². The topological polar surface area (TPSA) is 137 Å². The Hall–Kier alpha value is -4.66. The van der Waals surface area contributed by atoms with Crippen molar-refractivity contribution in [3.05, 3.63) is 76.7 Å². The monoisotopic (exact) mass is 564 g/mol. The molecule has 1 atom stereocenters. The average molecular weight is 565 g/mol. The Morgan fingerprint density at radius 2 is 1.85 bits per heavy atom. The van der Waals surface area contributed by atoms with E-state index in [1.165, 1.54) is 43.0 Å². The molecule has 16 heteroatoms. The van der Waals surface area contributed by atoms with E-state index in [0.29, 0.717) is 6.07 Å². The fourth-order valence-corrected chi connectivity index (χ4v) is 3.54. The summed E-state index contributed by atoms with van der Waals surface area (Å²) in [5.41, 5.74) is -0.717. The van der Waals surface area contributed by atoms with Gasteiger partial charge in [-0.05, 0) is 37.3 Å². The maximum absolute atomic E-state index is 13.5. The van der Waals surface area contributed by atoms with Gasteiger partial charge in [-0.1, -0.05) is 16.8 Å². The number of carbonyl (C=O) groups is 2. The highest BCUT2D eigenvalue weighted by Gasteiger charge is 2.32. The fourth-order valence-electron chi connectivity index (χ4n) is 3.28. The number of carbonyl (C=O) groups excluding carboxylic acids is 2. The zero-order chi connectivity index (χ0) is 28.3. The Labute approximate surface area is 222 Å². The van der Waals surface area contributed by atoms with Crippen molar-refractivity contribution >= 4 is 35.1 Å². The van der Waals surface area contributed by atoms with Gasteiger partial charge in [0.1, 0.15) is 22.8 Å². The maximum Gasteiger partial charge on any atom is 0.433 e. The summed E-state index contributed by atoms with van der Waals surface area (Å²) < 4.78 is 58.6. The van der Waals surface area contributed by atoms with E-state index in [1.54, 1.807) is 0 Å². The number of aromatic nitrogens is 6. The van der Waals surface area contributed by atoms with Gasteiger partial charge in [0.15, 0.2) is 11.5 Å². The number of rotatable bonds is 6. The molecule has 0 bridgehead atoms. The van der Waals surface area contributed by atoms with Crippen LogP contribution in [-0.2, 0) is 18.0 Å². The molecule has 0 fully saturated rings. The van der Waals surface area contributed by atoms with Crippen LogP contribution in [-0.4, -0.2) is 41.9 Å². The number of nitrogens with one attached hydrogen (secondary N) is 2. The molecule has 4 rings (SSSR count). The van der Waals surface area contributed by atoms with Crippen molar-refractivity contribution in [2.24, 2.45) is 7.05 Å². The zero-order valence-electron chi connectivity index (χ0n) is 20.0. The quantitative estimate of drug-likeness (QED) is 0.245. The van der Waals surface area contributed by atoms with Crippen LogP contribution in [0.5, 0.6) is 0 Å². The summed E-state index contributed by atoms with van der Waals surface area (Å²) in [7, 11) is 1.49. The van der Waals surface area contributed by atoms with Crippen LogP contribution in [0.2, 0.25) is 5.15 Å². The molecule has 4 aromatic heterocycles. The molecule has 0 unspecified atom stereocenters. The molecule has 0 aliphatic rings. The highest BCUT2D eigenvalue weighted by molar-refractivity contribution is 6.30. The minimum atomic E-state index is -4.67. The highest BCUT2D eigenvalue weighted by Crippen LogP contribution is 2.29. The lowest BCUT2D eigenvalue weighted by atomic mass is 10.2. The predicted octanol–water partition coefficient (Wildman–Crippen LogP) is 5.04. The van der Waals surface area contributed by atoms with Crippen LogP contribution in [0.15, 0.2) is 48.9 Å². The molecule has 2 amide bonds. The van der Waals surface area contributed by atoms with Crippen molar-refractivity contribution in [2.45, 2.75) is 19.2 Å². The number of aryl methyl sites for hydroxylation is 1. The van der Waals surface area contributed by atoms with Gasteiger partial charge in [-0.25, -0.2) is 18.9 Å². The molecule has 2 N–H and O–H groups in total. The van der Waals surface area contributed by atoms with Crippen LogP contribution >= 0.6 is 11.6 Å². The molecule has 0 radical (unpaired) electrons. The lowest BCUT2D eigenvalue weighted by Crippen LogP contribution is -2.19.